The molecule has 2 atom stereocenters. The van der Waals surface area contributed by atoms with Crippen molar-refractivity contribution in [2.75, 3.05) is 24.6 Å². The van der Waals surface area contributed by atoms with E-state index in [0.717, 1.165) is 62.5 Å². The van der Waals surface area contributed by atoms with E-state index in [1.165, 1.54) is 32.1 Å². The predicted molar refractivity (Wildman–Crippen MR) is 140 cm³/mol. The third-order valence-corrected chi connectivity index (χ3v) is 9.14. The number of carbonyl (C=O) groups excluding carboxylic acids is 3. The highest BCUT2D eigenvalue weighted by atomic mass is 16.5. The molecule has 1 aromatic rings. The molecular formula is C29H40N4O4. The molecule has 200 valence electrons. The summed E-state index contributed by atoms with van der Waals surface area (Å²) in [6.07, 6.45) is 11.9. The monoisotopic (exact) mass is 508 g/mol. The largest absolute Gasteiger partial charge is 0.377 e. The second-order valence-corrected chi connectivity index (χ2v) is 11.7. The fourth-order valence-electron chi connectivity index (χ4n) is 6.76. The molecule has 37 heavy (non-hydrogen) atoms. The molecule has 3 aliphatic heterocycles. The second kappa shape index (κ2) is 10.7. The van der Waals surface area contributed by atoms with E-state index in [4.69, 9.17) is 4.74 Å². The van der Waals surface area contributed by atoms with Gasteiger partial charge in [0.25, 0.3) is 5.91 Å². The molecule has 0 spiro atoms. The maximum absolute atomic E-state index is 13.4. The lowest BCUT2D eigenvalue weighted by Gasteiger charge is -2.40. The number of imide groups is 1. The Morgan fingerprint density at radius 2 is 1.86 bits per heavy atom. The van der Waals surface area contributed by atoms with Crippen LogP contribution in [0.1, 0.15) is 86.6 Å². The van der Waals surface area contributed by atoms with Crippen LogP contribution in [0.2, 0.25) is 0 Å². The van der Waals surface area contributed by atoms with Crippen LogP contribution in [-0.2, 0) is 20.9 Å². The van der Waals surface area contributed by atoms with Crippen LogP contribution in [0.25, 0.3) is 0 Å². The van der Waals surface area contributed by atoms with Crippen molar-refractivity contribution in [3.63, 3.8) is 0 Å². The van der Waals surface area contributed by atoms with Gasteiger partial charge in [0.15, 0.2) is 0 Å². The number of nitrogens with one attached hydrogen (secondary N) is 2. The number of benzene rings is 1. The molecule has 1 aromatic carbocycles. The van der Waals surface area contributed by atoms with Gasteiger partial charge in [-0.2, -0.15) is 0 Å². The van der Waals surface area contributed by atoms with Gasteiger partial charge in [0.2, 0.25) is 11.8 Å². The number of amides is 3. The summed E-state index contributed by atoms with van der Waals surface area (Å²) in [7, 11) is 0. The van der Waals surface area contributed by atoms with Crippen LogP contribution in [0.3, 0.4) is 0 Å². The minimum Gasteiger partial charge on any atom is -0.377 e. The van der Waals surface area contributed by atoms with Gasteiger partial charge < -0.3 is 19.9 Å². The molecule has 2 aliphatic carbocycles. The topological polar surface area (TPSA) is 91.0 Å². The second-order valence-electron chi connectivity index (χ2n) is 11.7. The average molecular weight is 509 g/mol. The lowest BCUT2D eigenvalue weighted by atomic mass is 9.89. The first-order chi connectivity index (χ1) is 18.1. The van der Waals surface area contributed by atoms with E-state index in [1.54, 1.807) is 4.90 Å². The minimum absolute atomic E-state index is 0.0875. The smallest absolute Gasteiger partial charge is 0.255 e. The maximum atomic E-state index is 13.4. The van der Waals surface area contributed by atoms with Crippen LogP contribution >= 0.6 is 0 Å². The molecule has 6 rings (SSSR count). The zero-order chi connectivity index (χ0) is 25.4. The summed E-state index contributed by atoms with van der Waals surface area (Å²) in [6.45, 7) is 3.33. The molecule has 8 nitrogen and oxygen atoms in total. The van der Waals surface area contributed by atoms with Crippen LogP contribution in [0.5, 0.6) is 0 Å². The predicted octanol–water partition coefficient (Wildman–Crippen LogP) is 3.13. The van der Waals surface area contributed by atoms with Gasteiger partial charge in [0.1, 0.15) is 6.04 Å². The van der Waals surface area contributed by atoms with E-state index in [0.29, 0.717) is 36.7 Å². The van der Waals surface area contributed by atoms with E-state index >= 15 is 0 Å². The van der Waals surface area contributed by atoms with Gasteiger partial charge >= 0.3 is 0 Å². The number of hydrogen-bond acceptors (Lipinski definition) is 6. The summed E-state index contributed by atoms with van der Waals surface area (Å²) in [5, 5.41) is 6.18. The summed E-state index contributed by atoms with van der Waals surface area (Å²) < 4.78 is 5.79. The third kappa shape index (κ3) is 5.41. The Morgan fingerprint density at radius 1 is 1.03 bits per heavy atom. The van der Waals surface area contributed by atoms with Gasteiger partial charge in [-0.1, -0.05) is 18.9 Å². The quantitative estimate of drug-likeness (QED) is 0.498. The Hall–Kier alpha value is -2.45. The lowest BCUT2D eigenvalue weighted by Crippen LogP contribution is -2.52. The van der Waals surface area contributed by atoms with E-state index in [-0.39, 0.29) is 24.1 Å². The Balaban J connectivity index is 1.16. The first-order valence-corrected chi connectivity index (χ1v) is 14.4. The summed E-state index contributed by atoms with van der Waals surface area (Å²) in [5.41, 5.74) is 2.93. The highest BCUT2D eigenvalue weighted by Gasteiger charge is 2.41. The zero-order valence-electron chi connectivity index (χ0n) is 21.8. The number of carbonyl (C=O) groups is 3. The van der Waals surface area contributed by atoms with Gasteiger partial charge in [0.05, 0.1) is 6.10 Å². The SMILES string of the molecule is O=C1CCC(N2Cc3c(cccc3N(CCC3CC3)C3CCC(NCC4CCCO4)CC3)C2=O)C(=O)N1. The van der Waals surface area contributed by atoms with E-state index in [2.05, 4.69) is 21.6 Å². The number of anilines is 1. The van der Waals surface area contributed by atoms with Crippen molar-refractivity contribution in [3.05, 3.63) is 29.3 Å². The highest BCUT2D eigenvalue weighted by Crippen LogP contribution is 2.39. The maximum Gasteiger partial charge on any atom is 0.255 e. The molecule has 0 bridgehead atoms. The Bertz CT molecular complexity index is 1030. The fraction of sp³-hybridized carbons (Fsp3) is 0.690. The number of rotatable bonds is 9. The molecular weight excluding hydrogens is 468 g/mol. The van der Waals surface area contributed by atoms with Crippen molar-refractivity contribution in [2.45, 2.75) is 101 Å². The molecule has 3 amide bonds. The molecule has 3 heterocycles. The van der Waals surface area contributed by atoms with Crippen molar-refractivity contribution < 1.29 is 19.1 Å². The molecule has 2 N–H and O–H groups in total. The molecule has 5 aliphatic rings. The van der Waals surface area contributed by atoms with Crippen molar-refractivity contribution in [2.24, 2.45) is 5.92 Å². The first kappa shape index (κ1) is 24.9. The zero-order valence-corrected chi connectivity index (χ0v) is 21.8. The van der Waals surface area contributed by atoms with Crippen LogP contribution in [-0.4, -0.2) is 66.5 Å². The molecule has 0 radical (unpaired) electrons. The highest BCUT2D eigenvalue weighted by molar-refractivity contribution is 6.06. The van der Waals surface area contributed by atoms with Gasteiger partial charge in [0, 0.05) is 61.6 Å². The number of hydrogen-bond donors (Lipinski definition) is 2. The Labute approximate surface area is 219 Å². The normalized spacial score (nSPS) is 29.9. The average Bonchev–Trinajstić information content (AvgIpc) is 3.46. The van der Waals surface area contributed by atoms with Crippen LogP contribution in [0.15, 0.2) is 18.2 Å². The molecule has 2 unspecified atom stereocenters. The molecule has 8 heteroatoms. The summed E-state index contributed by atoms with van der Waals surface area (Å²) in [6, 6.07) is 6.52. The summed E-state index contributed by atoms with van der Waals surface area (Å²) >= 11 is 0. The number of piperidine rings is 1. The van der Waals surface area contributed by atoms with E-state index < -0.39 is 6.04 Å². The number of ether oxygens (including phenoxy) is 1. The Morgan fingerprint density at radius 3 is 2.59 bits per heavy atom. The lowest BCUT2D eigenvalue weighted by molar-refractivity contribution is -0.136. The molecule has 0 aromatic heterocycles. The van der Waals surface area contributed by atoms with Crippen molar-refractivity contribution >= 4 is 23.4 Å². The van der Waals surface area contributed by atoms with Crippen LogP contribution in [0.4, 0.5) is 5.69 Å². The molecule has 4 fully saturated rings. The van der Waals surface area contributed by atoms with Crippen molar-refractivity contribution in [1.29, 1.82) is 0 Å². The van der Waals surface area contributed by atoms with Crippen LogP contribution in [0, 0.1) is 5.92 Å². The third-order valence-electron chi connectivity index (χ3n) is 9.14. The van der Waals surface area contributed by atoms with Crippen LogP contribution < -0.4 is 15.5 Å². The number of nitrogens with zero attached hydrogens (tertiary/aromatic N) is 2. The summed E-state index contributed by atoms with van der Waals surface area (Å²) in [4.78, 5) is 41.9. The first-order valence-electron chi connectivity index (χ1n) is 14.4. The summed E-state index contributed by atoms with van der Waals surface area (Å²) in [5.74, 6) is 0.150. The fourth-order valence-corrected chi connectivity index (χ4v) is 6.76. The van der Waals surface area contributed by atoms with Crippen molar-refractivity contribution in [3.8, 4) is 0 Å². The Kier molecular flexibility index (Phi) is 7.21. The number of fused-ring (bicyclic) bond motifs is 1. The van der Waals surface area contributed by atoms with Gasteiger partial charge in [-0.05, 0) is 69.4 Å². The van der Waals surface area contributed by atoms with Gasteiger partial charge in [-0.15, -0.1) is 0 Å². The van der Waals surface area contributed by atoms with Gasteiger partial charge in [-0.25, -0.2) is 0 Å². The molecule has 2 saturated heterocycles. The van der Waals surface area contributed by atoms with Gasteiger partial charge in [-0.3, -0.25) is 19.7 Å². The minimum atomic E-state index is -0.573. The molecule has 2 saturated carbocycles. The van der Waals surface area contributed by atoms with E-state index in [9.17, 15) is 14.4 Å². The standard InChI is InChI=1S/C29H40N4O4/c34-27-13-12-26(28(35)31-27)33-18-24-23(29(33)36)4-1-5-25(24)32(15-14-19-6-7-19)21-10-8-20(9-11-21)30-17-22-3-2-16-37-22/h1,4-5,19-22,26,30H,2-3,6-18H2,(H,31,34,35). The van der Waals surface area contributed by atoms with E-state index in [1.807, 2.05) is 12.1 Å². The van der Waals surface area contributed by atoms with Crippen molar-refractivity contribution in [1.82, 2.24) is 15.5 Å².